The van der Waals surface area contributed by atoms with Gasteiger partial charge in [0.25, 0.3) is 0 Å². The second-order valence-electron chi connectivity index (χ2n) is 4.16. The lowest BCUT2D eigenvalue weighted by Crippen LogP contribution is -2.05. The van der Waals surface area contributed by atoms with Crippen LogP contribution in [0.2, 0.25) is 0 Å². The van der Waals surface area contributed by atoms with Crippen LogP contribution in [0.5, 0.6) is 17.2 Å². The number of phenolic OH excluding ortho intramolecular Hbond substituents is 2. The minimum atomic E-state index is -0.831. The van der Waals surface area contributed by atoms with Gasteiger partial charge >= 0.3 is 5.97 Å². The maximum Gasteiger partial charge on any atom is 0.335 e. The Bertz CT molecular complexity index is 681. The van der Waals surface area contributed by atoms with Crippen LogP contribution in [0.15, 0.2) is 55.1 Å². The van der Waals surface area contributed by atoms with E-state index in [0.29, 0.717) is 5.56 Å². The van der Waals surface area contributed by atoms with Crippen LogP contribution in [0.3, 0.4) is 0 Å². The van der Waals surface area contributed by atoms with E-state index in [-0.39, 0.29) is 11.3 Å². The predicted molar refractivity (Wildman–Crippen MR) is 75.5 cm³/mol. The Balaban J connectivity index is 2.38. The predicted octanol–water partition coefficient (Wildman–Crippen LogP) is 2.42. The Morgan fingerprint density at radius 3 is 2.10 bits per heavy atom. The van der Waals surface area contributed by atoms with Crippen LogP contribution in [0.25, 0.3) is 0 Å². The number of hydrogen-bond donors (Lipinski definition) is 2. The first-order valence-corrected chi connectivity index (χ1v) is 6.03. The second kappa shape index (κ2) is 5.92. The average Bonchev–Trinajstić information content (AvgIpc) is 2.50. The van der Waals surface area contributed by atoms with Crippen molar-refractivity contribution < 1.29 is 24.5 Å². The smallest absolute Gasteiger partial charge is 0.335 e. The third-order valence-electron chi connectivity index (χ3n) is 2.72. The molecule has 2 N–H and O–H groups in total. The van der Waals surface area contributed by atoms with Crippen LogP contribution in [0.1, 0.15) is 15.9 Å². The molecule has 0 aromatic heterocycles. The summed E-state index contributed by atoms with van der Waals surface area (Å²) in [5.41, 5.74) is 0.488. The molecule has 0 aliphatic carbocycles. The Morgan fingerprint density at radius 1 is 1.00 bits per heavy atom. The molecular weight excluding hydrogens is 272 g/mol. The lowest BCUT2D eigenvalue weighted by molar-refractivity contribution is -0.129. The summed E-state index contributed by atoms with van der Waals surface area (Å²) in [5, 5.41) is 19.6. The summed E-state index contributed by atoms with van der Waals surface area (Å²) in [5.74, 6) is -2.64. The molecule has 0 aliphatic heterocycles. The van der Waals surface area contributed by atoms with Crippen LogP contribution in [-0.4, -0.2) is 22.0 Å². The molecule has 0 saturated heterocycles. The van der Waals surface area contributed by atoms with E-state index in [9.17, 15) is 19.8 Å². The summed E-state index contributed by atoms with van der Waals surface area (Å²) in [6.45, 7) is 3.21. The quantitative estimate of drug-likeness (QED) is 0.390. The first-order chi connectivity index (χ1) is 10.0. The summed E-state index contributed by atoms with van der Waals surface area (Å²) in [6.07, 6.45) is 0.891. The van der Waals surface area contributed by atoms with Gasteiger partial charge in [0.15, 0.2) is 17.3 Å². The minimum Gasteiger partial charge on any atom is -0.504 e. The van der Waals surface area contributed by atoms with Crippen LogP contribution in [-0.2, 0) is 4.79 Å². The Labute approximate surface area is 120 Å². The van der Waals surface area contributed by atoms with E-state index in [2.05, 4.69) is 6.58 Å². The second-order valence-corrected chi connectivity index (χ2v) is 4.16. The minimum absolute atomic E-state index is 0.0783. The van der Waals surface area contributed by atoms with Gasteiger partial charge in [-0.3, -0.25) is 4.79 Å². The lowest BCUT2D eigenvalue weighted by atomic mass is 10.0. The molecule has 0 fully saturated rings. The molecule has 5 nitrogen and oxygen atoms in total. The molecule has 0 radical (unpaired) electrons. The molecule has 0 bridgehead atoms. The maximum atomic E-state index is 12.2. The SMILES string of the molecule is C=CC(=O)Oc1c(O)cc(C(=O)c2ccccc2)cc1O. The Morgan fingerprint density at radius 2 is 1.57 bits per heavy atom. The summed E-state index contributed by atoms with van der Waals surface area (Å²) < 4.78 is 4.70. The van der Waals surface area contributed by atoms with Crippen LogP contribution in [0, 0.1) is 0 Å². The van der Waals surface area contributed by atoms with Gasteiger partial charge in [0.1, 0.15) is 0 Å². The number of carbonyl (C=O) groups excluding carboxylic acids is 2. The zero-order valence-corrected chi connectivity index (χ0v) is 10.9. The molecule has 106 valence electrons. The number of benzene rings is 2. The number of carbonyl (C=O) groups is 2. The van der Waals surface area contributed by atoms with E-state index >= 15 is 0 Å². The fourth-order valence-electron chi connectivity index (χ4n) is 1.73. The fourth-order valence-corrected chi connectivity index (χ4v) is 1.73. The van der Waals surface area contributed by atoms with Crippen LogP contribution >= 0.6 is 0 Å². The van der Waals surface area contributed by atoms with Crippen molar-refractivity contribution in [3.05, 3.63) is 66.2 Å². The van der Waals surface area contributed by atoms with Gasteiger partial charge in [-0.15, -0.1) is 0 Å². The van der Waals surface area contributed by atoms with Gasteiger partial charge in [-0.1, -0.05) is 36.9 Å². The zero-order valence-electron chi connectivity index (χ0n) is 10.9. The van der Waals surface area contributed by atoms with E-state index in [1.54, 1.807) is 30.3 Å². The fraction of sp³-hybridized carbons (Fsp3) is 0. The summed E-state index contributed by atoms with van der Waals surface area (Å²) in [6, 6.07) is 10.6. The molecule has 0 spiro atoms. The molecule has 0 saturated carbocycles. The third kappa shape index (κ3) is 3.09. The van der Waals surface area contributed by atoms with Crippen LogP contribution in [0.4, 0.5) is 0 Å². The van der Waals surface area contributed by atoms with E-state index in [1.807, 2.05) is 0 Å². The van der Waals surface area contributed by atoms with Crippen molar-refractivity contribution in [2.75, 3.05) is 0 Å². The van der Waals surface area contributed by atoms with Crippen molar-refractivity contribution in [3.8, 4) is 17.2 Å². The highest BCUT2D eigenvalue weighted by Crippen LogP contribution is 2.37. The number of ether oxygens (including phenoxy) is 1. The van der Waals surface area contributed by atoms with Crippen molar-refractivity contribution >= 4 is 11.8 Å². The monoisotopic (exact) mass is 284 g/mol. The Hall–Kier alpha value is -3.08. The van der Waals surface area contributed by atoms with Crippen molar-refractivity contribution in [1.82, 2.24) is 0 Å². The zero-order chi connectivity index (χ0) is 15.4. The van der Waals surface area contributed by atoms with Crippen molar-refractivity contribution in [2.24, 2.45) is 0 Å². The van der Waals surface area contributed by atoms with E-state index in [0.717, 1.165) is 18.2 Å². The number of esters is 1. The van der Waals surface area contributed by atoms with Crippen LogP contribution < -0.4 is 4.74 Å². The van der Waals surface area contributed by atoms with Gasteiger partial charge in [-0.2, -0.15) is 0 Å². The standard InChI is InChI=1S/C16H12O5/c1-2-14(19)21-16-12(17)8-11(9-13(16)18)15(20)10-6-4-3-5-7-10/h2-9,17-18H,1H2. The molecule has 2 aromatic rings. The number of hydrogen-bond acceptors (Lipinski definition) is 5. The molecule has 0 atom stereocenters. The summed E-state index contributed by atoms with van der Waals surface area (Å²) in [7, 11) is 0. The van der Waals surface area contributed by atoms with Crippen molar-refractivity contribution in [3.63, 3.8) is 0 Å². The highest BCUT2D eigenvalue weighted by atomic mass is 16.5. The topological polar surface area (TPSA) is 83.8 Å². The van der Waals surface area contributed by atoms with Gasteiger partial charge in [-0.25, -0.2) is 4.79 Å². The molecule has 2 rings (SSSR count). The summed E-state index contributed by atoms with van der Waals surface area (Å²) >= 11 is 0. The average molecular weight is 284 g/mol. The molecule has 5 heteroatoms. The number of rotatable bonds is 4. The lowest BCUT2D eigenvalue weighted by Gasteiger charge is -2.09. The molecular formula is C16H12O5. The summed E-state index contributed by atoms with van der Waals surface area (Å²) in [4.78, 5) is 23.3. The number of phenols is 2. The van der Waals surface area contributed by atoms with Gasteiger partial charge in [0, 0.05) is 17.2 Å². The molecule has 0 aliphatic rings. The van der Waals surface area contributed by atoms with Gasteiger partial charge in [0.2, 0.25) is 5.75 Å². The molecule has 2 aromatic carbocycles. The molecule has 21 heavy (non-hydrogen) atoms. The van der Waals surface area contributed by atoms with Crippen molar-refractivity contribution in [1.29, 1.82) is 0 Å². The van der Waals surface area contributed by atoms with Crippen molar-refractivity contribution in [2.45, 2.75) is 0 Å². The number of aromatic hydroxyl groups is 2. The van der Waals surface area contributed by atoms with E-state index in [1.165, 1.54) is 0 Å². The first-order valence-electron chi connectivity index (χ1n) is 6.03. The van der Waals surface area contributed by atoms with Gasteiger partial charge in [-0.05, 0) is 12.1 Å². The highest BCUT2D eigenvalue weighted by molar-refractivity contribution is 6.09. The van der Waals surface area contributed by atoms with Gasteiger partial charge in [0.05, 0.1) is 0 Å². The molecule has 0 amide bonds. The van der Waals surface area contributed by atoms with E-state index in [4.69, 9.17) is 4.74 Å². The first kappa shape index (κ1) is 14.3. The van der Waals surface area contributed by atoms with E-state index < -0.39 is 23.2 Å². The Kier molecular flexibility index (Phi) is 4.04. The number of ketones is 1. The molecule has 0 unspecified atom stereocenters. The molecule has 0 heterocycles. The van der Waals surface area contributed by atoms with Gasteiger partial charge < -0.3 is 14.9 Å². The third-order valence-corrected chi connectivity index (χ3v) is 2.72. The maximum absolute atomic E-state index is 12.2. The normalized spacial score (nSPS) is 9.90. The largest absolute Gasteiger partial charge is 0.504 e. The highest BCUT2D eigenvalue weighted by Gasteiger charge is 2.18.